The summed E-state index contributed by atoms with van der Waals surface area (Å²) in [4.78, 5) is 12.3. The minimum atomic E-state index is -0.316. The van der Waals surface area contributed by atoms with Crippen LogP contribution in [0.5, 0.6) is 5.75 Å². The predicted octanol–water partition coefficient (Wildman–Crippen LogP) is 4.66. The summed E-state index contributed by atoms with van der Waals surface area (Å²) in [6.07, 6.45) is 0. The summed E-state index contributed by atoms with van der Waals surface area (Å²) in [5, 5.41) is 4.27. The van der Waals surface area contributed by atoms with Crippen LogP contribution in [0.2, 0.25) is 5.02 Å². The Morgan fingerprint density at radius 1 is 1.23 bits per heavy atom. The number of amides is 1. The van der Waals surface area contributed by atoms with E-state index in [0.29, 0.717) is 22.0 Å². The number of methoxy groups -OCH3 is 1. The average molecular weight is 316 g/mol. The number of carbonyl (C=O) groups excluding carboxylic acids is 1. The molecule has 1 amide bonds. The summed E-state index contributed by atoms with van der Waals surface area (Å²) in [6.45, 7) is 1.88. The summed E-state index contributed by atoms with van der Waals surface area (Å²) in [5.74, 6) is 0.511. The number of anilines is 1. The lowest BCUT2D eigenvalue weighted by Gasteiger charge is -2.07. The Morgan fingerprint density at radius 2 is 2.05 bits per heavy atom. The molecule has 0 saturated heterocycles. The van der Waals surface area contributed by atoms with Crippen molar-refractivity contribution >= 4 is 34.2 Å². The molecule has 1 heterocycles. The van der Waals surface area contributed by atoms with E-state index in [-0.39, 0.29) is 11.7 Å². The zero-order valence-electron chi connectivity index (χ0n) is 12.1. The van der Waals surface area contributed by atoms with E-state index in [4.69, 9.17) is 20.8 Å². The molecular weight excluding hydrogens is 302 g/mol. The Bertz CT molecular complexity index is 854. The van der Waals surface area contributed by atoms with Gasteiger partial charge in [0.25, 0.3) is 5.91 Å². The van der Waals surface area contributed by atoms with E-state index in [1.54, 1.807) is 37.4 Å². The molecule has 3 rings (SSSR count). The predicted molar refractivity (Wildman–Crippen MR) is 86.9 cm³/mol. The number of ether oxygens (including phenoxy) is 1. The molecule has 0 atom stereocenters. The van der Waals surface area contributed by atoms with Crippen molar-refractivity contribution in [1.29, 1.82) is 0 Å². The van der Waals surface area contributed by atoms with Gasteiger partial charge in [-0.3, -0.25) is 4.79 Å². The maximum absolute atomic E-state index is 12.3. The van der Waals surface area contributed by atoms with Gasteiger partial charge in [0, 0.05) is 16.1 Å². The Balaban J connectivity index is 1.92. The van der Waals surface area contributed by atoms with Gasteiger partial charge in [0.1, 0.15) is 0 Å². The Labute approximate surface area is 132 Å². The molecule has 0 aliphatic rings. The van der Waals surface area contributed by atoms with Crippen LogP contribution in [0.3, 0.4) is 0 Å². The lowest BCUT2D eigenvalue weighted by Crippen LogP contribution is -2.11. The quantitative estimate of drug-likeness (QED) is 0.765. The van der Waals surface area contributed by atoms with Crippen molar-refractivity contribution in [3.05, 3.63) is 58.8 Å². The van der Waals surface area contributed by atoms with Crippen LogP contribution in [0.4, 0.5) is 5.69 Å². The van der Waals surface area contributed by atoms with Crippen molar-refractivity contribution in [2.45, 2.75) is 6.92 Å². The monoisotopic (exact) mass is 315 g/mol. The molecule has 0 aliphatic heterocycles. The summed E-state index contributed by atoms with van der Waals surface area (Å²) in [5.41, 5.74) is 2.14. The molecule has 1 aromatic heterocycles. The fraction of sp³-hybridized carbons (Fsp3) is 0.118. The van der Waals surface area contributed by atoms with Gasteiger partial charge in [-0.1, -0.05) is 23.7 Å². The molecule has 3 aromatic rings. The van der Waals surface area contributed by atoms with Crippen LogP contribution >= 0.6 is 11.6 Å². The number of aryl methyl sites for hydroxylation is 1. The zero-order valence-corrected chi connectivity index (χ0v) is 12.9. The number of hydrogen-bond donors (Lipinski definition) is 1. The number of hydrogen-bond acceptors (Lipinski definition) is 3. The fourth-order valence-corrected chi connectivity index (χ4v) is 2.49. The summed E-state index contributed by atoms with van der Waals surface area (Å²) in [7, 11) is 1.56. The number of benzene rings is 2. The number of halogens is 1. The van der Waals surface area contributed by atoms with Crippen LogP contribution in [0.1, 0.15) is 16.1 Å². The number of para-hydroxylation sites is 1. The Morgan fingerprint density at radius 3 is 2.77 bits per heavy atom. The SMILES string of the molecule is COc1cccc2cc(C(=O)Nc3ccc(Cl)cc3C)oc12. The second-order valence-electron chi connectivity index (χ2n) is 4.90. The number of rotatable bonds is 3. The topological polar surface area (TPSA) is 51.5 Å². The highest BCUT2D eigenvalue weighted by molar-refractivity contribution is 6.30. The first-order valence-corrected chi connectivity index (χ1v) is 7.10. The van der Waals surface area contributed by atoms with Gasteiger partial charge in [-0.25, -0.2) is 0 Å². The summed E-state index contributed by atoms with van der Waals surface area (Å²) in [6, 6.07) is 12.5. The average Bonchev–Trinajstić information content (AvgIpc) is 2.94. The van der Waals surface area contributed by atoms with Crippen molar-refractivity contribution in [1.82, 2.24) is 0 Å². The fourth-order valence-electron chi connectivity index (χ4n) is 2.26. The molecule has 112 valence electrons. The molecule has 5 heteroatoms. The largest absolute Gasteiger partial charge is 0.493 e. The van der Waals surface area contributed by atoms with Crippen molar-refractivity contribution in [2.24, 2.45) is 0 Å². The van der Waals surface area contributed by atoms with Gasteiger partial charge < -0.3 is 14.5 Å². The van der Waals surface area contributed by atoms with Crippen LogP contribution in [-0.2, 0) is 0 Å². The second kappa shape index (κ2) is 5.73. The van der Waals surface area contributed by atoms with E-state index in [1.165, 1.54) is 0 Å². The first-order valence-electron chi connectivity index (χ1n) is 6.72. The molecule has 4 nitrogen and oxygen atoms in total. The van der Waals surface area contributed by atoms with Crippen molar-refractivity contribution in [2.75, 3.05) is 12.4 Å². The molecule has 2 aromatic carbocycles. The molecule has 0 bridgehead atoms. The standard InChI is InChI=1S/C17H14ClNO3/c1-10-8-12(18)6-7-13(10)19-17(20)15-9-11-4-3-5-14(21-2)16(11)22-15/h3-9H,1-2H3,(H,19,20). The molecule has 22 heavy (non-hydrogen) atoms. The smallest absolute Gasteiger partial charge is 0.291 e. The summed E-state index contributed by atoms with van der Waals surface area (Å²) >= 11 is 5.91. The normalized spacial score (nSPS) is 10.7. The van der Waals surface area contributed by atoms with Gasteiger partial charge in [0.15, 0.2) is 17.1 Å². The third-order valence-electron chi connectivity index (χ3n) is 3.39. The molecule has 0 saturated carbocycles. The number of furan rings is 1. The summed E-state index contributed by atoms with van der Waals surface area (Å²) < 4.78 is 10.9. The second-order valence-corrected chi connectivity index (χ2v) is 5.34. The van der Waals surface area contributed by atoms with E-state index < -0.39 is 0 Å². The molecule has 0 radical (unpaired) electrons. The molecular formula is C17H14ClNO3. The van der Waals surface area contributed by atoms with Crippen molar-refractivity contribution in [3.8, 4) is 5.75 Å². The Kier molecular flexibility index (Phi) is 3.77. The molecule has 0 fully saturated rings. The molecule has 0 spiro atoms. The zero-order chi connectivity index (χ0) is 15.7. The highest BCUT2D eigenvalue weighted by Gasteiger charge is 2.15. The number of carbonyl (C=O) groups is 1. The lowest BCUT2D eigenvalue weighted by atomic mass is 10.2. The highest BCUT2D eigenvalue weighted by atomic mass is 35.5. The van der Waals surface area contributed by atoms with Gasteiger partial charge in [0.2, 0.25) is 0 Å². The molecule has 1 N–H and O–H groups in total. The van der Waals surface area contributed by atoms with Gasteiger partial charge in [0.05, 0.1) is 7.11 Å². The van der Waals surface area contributed by atoms with E-state index >= 15 is 0 Å². The maximum atomic E-state index is 12.3. The van der Waals surface area contributed by atoms with Crippen LogP contribution < -0.4 is 10.1 Å². The number of fused-ring (bicyclic) bond motifs is 1. The van der Waals surface area contributed by atoms with E-state index in [1.807, 2.05) is 19.1 Å². The van der Waals surface area contributed by atoms with Gasteiger partial charge in [-0.15, -0.1) is 0 Å². The number of nitrogens with one attached hydrogen (secondary N) is 1. The van der Waals surface area contributed by atoms with Gasteiger partial charge in [-0.2, -0.15) is 0 Å². The van der Waals surface area contributed by atoms with E-state index in [2.05, 4.69) is 5.32 Å². The van der Waals surface area contributed by atoms with Gasteiger partial charge >= 0.3 is 0 Å². The van der Waals surface area contributed by atoms with Gasteiger partial charge in [-0.05, 0) is 42.8 Å². The van der Waals surface area contributed by atoms with Crippen LogP contribution in [0.25, 0.3) is 11.0 Å². The first-order chi connectivity index (χ1) is 10.6. The highest BCUT2D eigenvalue weighted by Crippen LogP contribution is 2.29. The third-order valence-corrected chi connectivity index (χ3v) is 3.62. The Hall–Kier alpha value is -2.46. The van der Waals surface area contributed by atoms with E-state index in [0.717, 1.165) is 10.9 Å². The minimum Gasteiger partial charge on any atom is -0.493 e. The van der Waals surface area contributed by atoms with Crippen LogP contribution in [0, 0.1) is 6.92 Å². The minimum absolute atomic E-state index is 0.230. The molecule has 0 unspecified atom stereocenters. The van der Waals surface area contributed by atoms with E-state index in [9.17, 15) is 4.79 Å². The third kappa shape index (κ3) is 2.65. The van der Waals surface area contributed by atoms with Crippen LogP contribution in [0.15, 0.2) is 46.9 Å². The van der Waals surface area contributed by atoms with Crippen LogP contribution in [-0.4, -0.2) is 13.0 Å². The lowest BCUT2D eigenvalue weighted by molar-refractivity contribution is 0.0998. The van der Waals surface area contributed by atoms with Crippen molar-refractivity contribution in [3.63, 3.8) is 0 Å². The van der Waals surface area contributed by atoms with Crippen molar-refractivity contribution < 1.29 is 13.9 Å². The molecule has 0 aliphatic carbocycles. The maximum Gasteiger partial charge on any atom is 0.291 e. The first kappa shape index (κ1) is 14.5.